The molecule has 2 rings (SSSR count). The molecule has 0 saturated heterocycles. The van der Waals surface area contributed by atoms with Gasteiger partial charge in [-0.15, -0.1) is 0 Å². The normalized spacial score (nSPS) is 23.2. The van der Waals surface area contributed by atoms with Crippen molar-refractivity contribution in [2.45, 2.75) is 42.7 Å². The number of hydrogen-bond acceptors (Lipinski definition) is 4. The number of rotatable bonds is 5. The molecule has 0 unspecified atom stereocenters. The summed E-state index contributed by atoms with van der Waals surface area (Å²) in [5.41, 5.74) is 0. The van der Waals surface area contributed by atoms with Gasteiger partial charge in [0.1, 0.15) is 10.6 Å². The van der Waals surface area contributed by atoms with E-state index in [2.05, 4.69) is 5.32 Å². The lowest BCUT2D eigenvalue weighted by atomic mass is 9.91. The van der Waals surface area contributed by atoms with Crippen molar-refractivity contribution in [2.75, 3.05) is 21.2 Å². The molecule has 1 aliphatic rings. The minimum atomic E-state index is -3.52. The minimum absolute atomic E-state index is 0.0597. The molecule has 0 amide bonds. The van der Waals surface area contributed by atoms with Gasteiger partial charge in [0.25, 0.3) is 0 Å². The summed E-state index contributed by atoms with van der Waals surface area (Å²) in [5, 5.41) is 3.26. The van der Waals surface area contributed by atoms with Crippen molar-refractivity contribution in [3.05, 3.63) is 24.3 Å². The molecule has 0 aliphatic heterocycles. The van der Waals surface area contributed by atoms with Gasteiger partial charge < -0.3 is 10.1 Å². The van der Waals surface area contributed by atoms with Crippen LogP contribution in [0.15, 0.2) is 29.2 Å². The van der Waals surface area contributed by atoms with Crippen LogP contribution in [0.4, 0.5) is 0 Å². The fourth-order valence-corrected chi connectivity index (χ4v) is 4.48. The zero-order chi connectivity index (χ0) is 15.5. The topological polar surface area (TPSA) is 58.6 Å². The average Bonchev–Trinajstić information content (AvgIpc) is 2.54. The highest BCUT2D eigenvalue weighted by Crippen LogP contribution is 2.30. The fraction of sp³-hybridized carbons (Fsp3) is 0.600. The summed E-state index contributed by atoms with van der Waals surface area (Å²) in [4.78, 5) is 0.241. The first kappa shape index (κ1) is 16.3. The summed E-state index contributed by atoms with van der Waals surface area (Å²) in [6, 6.07) is 7.34. The van der Waals surface area contributed by atoms with Gasteiger partial charge in [-0.05, 0) is 44.9 Å². The highest BCUT2D eigenvalue weighted by atomic mass is 32.2. The van der Waals surface area contributed by atoms with E-state index in [1.807, 2.05) is 7.05 Å². The second-order valence-corrected chi connectivity index (χ2v) is 7.43. The zero-order valence-electron chi connectivity index (χ0n) is 12.9. The molecule has 1 aromatic carbocycles. The molecule has 0 aromatic heterocycles. The molecule has 1 N–H and O–H groups in total. The standard InChI is InChI=1S/C15H24N2O3S/c1-16-12-8-10-13(11-9-12)17(2)21(18,19)15-7-5-4-6-14(15)20-3/h4-7,12-13,16H,8-11H2,1-3H3. The van der Waals surface area contributed by atoms with Crippen LogP contribution in [0, 0.1) is 0 Å². The van der Waals surface area contributed by atoms with E-state index in [9.17, 15) is 8.42 Å². The number of hydrogen-bond donors (Lipinski definition) is 1. The summed E-state index contributed by atoms with van der Waals surface area (Å²) in [7, 11) is 1.61. The Labute approximate surface area is 127 Å². The Morgan fingerprint density at radius 2 is 1.81 bits per heavy atom. The van der Waals surface area contributed by atoms with E-state index in [1.165, 1.54) is 11.4 Å². The maximum absolute atomic E-state index is 12.8. The van der Waals surface area contributed by atoms with E-state index >= 15 is 0 Å². The summed E-state index contributed by atoms with van der Waals surface area (Å²) in [6.45, 7) is 0. The van der Waals surface area contributed by atoms with E-state index in [4.69, 9.17) is 4.74 Å². The quantitative estimate of drug-likeness (QED) is 0.901. The van der Waals surface area contributed by atoms with Gasteiger partial charge in [-0.2, -0.15) is 4.31 Å². The summed E-state index contributed by atoms with van der Waals surface area (Å²) in [5.74, 6) is 0.397. The molecule has 118 valence electrons. The molecule has 0 atom stereocenters. The molecule has 6 heteroatoms. The van der Waals surface area contributed by atoms with E-state index < -0.39 is 10.0 Å². The third kappa shape index (κ3) is 3.39. The first-order chi connectivity index (χ1) is 10.0. The molecule has 1 aliphatic carbocycles. The van der Waals surface area contributed by atoms with Gasteiger partial charge in [0.05, 0.1) is 7.11 Å². The van der Waals surface area contributed by atoms with Crippen LogP contribution in [0.2, 0.25) is 0 Å². The predicted molar refractivity (Wildman–Crippen MR) is 83.0 cm³/mol. The number of benzene rings is 1. The predicted octanol–water partition coefficient (Wildman–Crippen LogP) is 1.85. The highest BCUT2D eigenvalue weighted by molar-refractivity contribution is 7.89. The molecular weight excluding hydrogens is 288 g/mol. The Morgan fingerprint density at radius 1 is 1.19 bits per heavy atom. The molecule has 0 bridgehead atoms. The van der Waals surface area contributed by atoms with Crippen LogP contribution in [0.1, 0.15) is 25.7 Å². The first-order valence-corrected chi connectivity index (χ1v) is 8.73. The SMILES string of the molecule is CNC1CCC(N(C)S(=O)(=O)c2ccccc2OC)CC1. The van der Waals surface area contributed by atoms with Crippen LogP contribution in [0.3, 0.4) is 0 Å². The Hall–Kier alpha value is -1.11. The van der Waals surface area contributed by atoms with Gasteiger partial charge in [0.2, 0.25) is 10.0 Å². The zero-order valence-corrected chi connectivity index (χ0v) is 13.7. The minimum Gasteiger partial charge on any atom is -0.495 e. The number of nitrogens with zero attached hydrogens (tertiary/aromatic N) is 1. The Balaban J connectivity index is 2.19. The van der Waals surface area contributed by atoms with Gasteiger partial charge in [-0.3, -0.25) is 0 Å². The lowest BCUT2D eigenvalue weighted by Crippen LogP contribution is -2.42. The second-order valence-electron chi connectivity index (χ2n) is 5.47. The van der Waals surface area contributed by atoms with Gasteiger partial charge in [0.15, 0.2) is 0 Å². The van der Waals surface area contributed by atoms with Crippen molar-refractivity contribution in [2.24, 2.45) is 0 Å². The number of ether oxygens (including phenoxy) is 1. The second kappa shape index (κ2) is 6.77. The lowest BCUT2D eigenvalue weighted by molar-refractivity contribution is 0.254. The largest absolute Gasteiger partial charge is 0.495 e. The number of sulfonamides is 1. The van der Waals surface area contributed by atoms with Crippen LogP contribution in [0.5, 0.6) is 5.75 Å². The number of para-hydroxylation sites is 1. The highest BCUT2D eigenvalue weighted by Gasteiger charge is 2.32. The molecule has 0 heterocycles. The summed E-state index contributed by atoms with van der Waals surface area (Å²) < 4.78 is 32.3. The third-order valence-corrected chi connectivity index (χ3v) is 6.29. The van der Waals surface area contributed by atoms with Gasteiger partial charge in [-0.1, -0.05) is 12.1 Å². The Morgan fingerprint density at radius 3 is 2.38 bits per heavy atom. The van der Waals surface area contributed by atoms with Crippen molar-refractivity contribution >= 4 is 10.0 Å². The van der Waals surface area contributed by atoms with E-state index in [1.54, 1.807) is 31.3 Å². The molecule has 1 fully saturated rings. The van der Waals surface area contributed by atoms with Crippen LogP contribution >= 0.6 is 0 Å². The summed E-state index contributed by atoms with van der Waals surface area (Å²) in [6.07, 6.45) is 3.78. The average molecular weight is 312 g/mol. The molecule has 0 spiro atoms. The van der Waals surface area contributed by atoms with Crippen LogP contribution in [0.25, 0.3) is 0 Å². The maximum Gasteiger partial charge on any atom is 0.246 e. The van der Waals surface area contributed by atoms with Crippen LogP contribution in [-0.4, -0.2) is 46.0 Å². The number of methoxy groups -OCH3 is 1. The van der Waals surface area contributed by atoms with Crippen molar-refractivity contribution in [3.8, 4) is 5.75 Å². The third-order valence-electron chi connectivity index (χ3n) is 4.35. The van der Waals surface area contributed by atoms with Crippen molar-refractivity contribution < 1.29 is 13.2 Å². The van der Waals surface area contributed by atoms with Crippen molar-refractivity contribution in [1.29, 1.82) is 0 Å². The van der Waals surface area contributed by atoms with Gasteiger partial charge >= 0.3 is 0 Å². The molecule has 1 saturated carbocycles. The van der Waals surface area contributed by atoms with Crippen LogP contribution in [-0.2, 0) is 10.0 Å². The Bertz CT molecular complexity index is 566. The monoisotopic (exact) mass is 312 g/mol. The molecule has 1 aromatic rings. The first-order valence-electron chi connectivity index (χ1n) is 7.29. The van der Waals surface area contributed by atoms with Crippen molar-refractivity contribution in [1.82, 2.24) is 9.62 Å². The van der Waals surface area contributed by atoms with E-state index in [0.717, 1.165) is 25.7 Å². The number of nitrogens with one attached hydrogen (secondary N) is 1. The maximum atomic E-state index is 12.8. The van der Waals surface area contributed by atoms with E-state index in [-0.39, 0.29) is 10.9 Å². The smallest absolute Gasteiger partial charge is 0.246 e. The van der Waals surface area contributed by atoms with Gasteiger partial charge in [-0.25, -0.2) is 8.42 Å². The molecular formula is C15H24N2O3S. The lowest BCUT2D eigenvalue weighted by Gasteiger charge is -2.34. The van der Waals surface area contributed by atoms with Gasteiger partial charge in [0, 0.05) is 19.1 Å². The summed E-state index contributed by atoms with van der Waals surface area (Å²) >= 11 is 0. The molecule has 21 heavy (non-hydrogen) atoms. The van der Waals surface area contributed by atoms with Crippen molar-refractivity contribution in [3.63, 3.8) is 0 Å². The molecule has 0 radical (unpaired) electrons. The molecule has 5 nitrogen and oxygen atoms in total. The van der Waals surface area contributed by atoms with E-state index in [0.29, 0.717) is 11.8 Å². The fourth-order valence-electron chi connectivity index (χ4n) is 2.91. The Kier molecular flexibility index (Phi) is 5.24. The van der Waals surface area contributed by atoms with Crippen LogP contribution < -0.4 is 10.1 Å².